The van der Waals surface area contributed by atoms with E-state index in [1.807, 2.05) is 25.1 Å². The van der Waals surface area contributed by atoms with Crippen molar-refractivity contribution in [3.8, 4) is 11.5 Å². The molecular weight excluding hydrogens is 272 g/mol. The van der Waals surface area contributed by atoms with Gasteiger partial charge in [0, 0.05) is 19.1 Å². The highest BCUT2D eigenvalue weighted by atomic mass is 16.6. The second kappa shape index (κ2) is 6.04. The van der Waals surface area contributed by atoms with Gasteiger partial charge in [-0.05, 0) is 24.6 Å². The molecule has 21 heavy (non-hydrogen) atoms. The van der Waals surface area contributed by atoms with Crippen molar-refractivity contribution in [1.29, 1.82) is 0 Å². The highest BCUT2D eigenvalue weighted by molar-refractivity contribution is 5.89. The maximum absolute atomic E-state index is 11.1. The first kappa shape index (κ1) is 14.5. The van der Waals surface area contributed by atoms with E-state index < -0.39 is 4.92 Å². The Morgan fingerprint density at radius 3 is 2.57 bits per heavy atom. The summed E-state index contributed by atoms with van der Waals surface area (Å²) in [5, 5.41) is 13.4. The van der Waals surface area contributed by atoms with Crippen LogP contribution in [-0.2, 0) is 4.79 Å². The van der Waals surface area contributed by atoms with Crippen molar-refractivity contribution in [3.63, 3.8) is 0 Å². The fourth-order valence-electron chi connectivity index (χ4n) is 1.84. The number of carbonyl (C=O) groups is 1. The Hall–Kier alpha value is -2.89. The number of non-ortho nitro benzene ring substituents is 1. The molecule has 0 unspecified atom stereocenters. The van der Waals surface area contributed by atoms with Gasteiger partial charge in [-0.1, -0.05) is 12.1 Å². The third kappa shape index (κ3) is 4.04. The number of nitro groups is 1. The number of carbonyl (C=O) groups excluding carboxylic acids is 1. The zero-order valence-electron chi connectivity index (χ0n) is 11.6. The van der Waals surface area contributed by atoms with Gasteiger partial charge in [0.15, 0.2) is 0 Å². The molecule has 0 heterocycles. The van der Waals surface area contributed by atoms with Crippen molar-refractivity contribution in [2.75, 3.05) is 5.32 Å². The molecule has 0 aliphatic heterocycles. The Morgan fingerprint density at radius 2 is 1.95 bits per heavy atom. The van der Waals surface area contributed by atoms with E-state index in [0.29, 0.717) is 17.2 Å². The molecule has 0 aromatic heterocycles. The third-order valence-electron chi connectivity index (χ3n) is 2.65. The smallest absolute Gasteiger partial charge is 0.275 e. The van der Waals surface area contributed by atoms with Crippen LogP contribution in [0.4, 0.5) is 11.4 Å². The standard InChI is InChI=1S/C15H14N2O4/c1-10-4-3-5-14(6-10)21-15-8-12(16-11(2)18)7-13(9-15)17(19)20/h3-9H,1-2H3,(H,16,18). The highest BCUT2D eigenvalue weighted by Crippen LogP contribution is 2.30. The SMILES string of the molecule is CC(=O)Nc1cc(Oc2cccc(C)c2)cc([N+](=O)[O-])c1. The van der Waals surface area contributed by atoms with Crippen molar-refractivity contribution in [2.24, 2.45) is 0 Å². The zero-order valence-corrected chi connectivity index (χ0v) is 11.6. The van der Waals surface area contributed by atoms with E-state index in [0.717, 1.165) is 5.56 Å². The van der Waals surface area contributed by atoms with Crippen LogP contribution >= 0.6 is 0 Å². The first-order chi connectivity index (χ1) is 9.94. The summed E-state index contributed by atoms with van der Waals surface area (Å²) in [6.07, 6.45) is 0. The summed E-state index contributed by atoms with van der Waals surface area (Å²) in [6, 6.07) is 11.5. The molecule has 0 spiro atoms. The molecule has 108 valence electrons. The van der Waals surface area contributed by atoms with Crippen molar-refractivity contribution >= 4 is 17.3 Å². The fraction of sp³-hybridized carbons (Fsp3) is 0.133. The first-order valence-corrected chi connectivity index (χ1v) is 6.25. The van der Waals surface area contributed by atoms with E-state index in [1.165, 1.54) is 25.1 Å². The van der Waals surface area contributed by atoms with Gasteiger partial charge in [0.05, 0.1) is 16.7 Å². The number of hydrogen-bond acceptors (Lipinski definition) is 4. The number of nitro benzene ring substituents is 1. The molecule has 0 saturated heterocycles. The van der Waals surface area contributed by atoms with Crippen LogP contribution in [0.2, 0.25) is 0 Å². The monoisotopic (exact) mass is 286 g/mol. The molecule has 0 saturated carbocycles. The van der Waals surface area contributed by atoms with Gasteiger partial charge in [0.2, 0.25) is 5.91 Å². The molecule has 0 radical (unpaired) electrons. The predicted molar refractivity (Wildman–Crippen MR) is 78.7 cm³/mol. The molecule has 2 aromatic rings. The summed E-state index contributed by atoms with van der Waals surface area (Å²) in [7, 11) is 0. The Balaban J connectivity index is 2.35. The number of aryl methyl sites for hydroxylation is 1. The number of benzene rings is 2. The van der Waals surface area contributed by atoms with E-state index in [4.69, 9.17) is 4.74 Å². The van der Waals surface area contributed by atoms with E-state index in [-0.39, 0.29) is 11.6 Å². The quantitative estimate of drug-likeness (QED) is 0.687. The molecule has 0 aliphatic rings. The molecule has 2 rings (SSSR count). The van der Waals surface area contributed by atoms with Gasteiger partial charge in [0.25, 0.3) is 5.69 Å². The predicted octanol–water partition coefficient (Wildman–Crippen LogP) is 3.65. The van der Waals surface area contributed by atoms with Gasteiger partial charge < -0.3 is 10.1 Å². The molecule has 6 nitrogen and oxygen atoms in total. The fourth-order valence-corrected chi connectivity index (χ4v) is 1.84. The molecule has 6 heteroatoms. The summed E-state index contributed by atoms with van der Waals surface area (Å²) >= 11 is 0. The Morgan fingerprint density at radius 1 is 1.19 bits per heavy atom. The third-order valence-corrected chi connectivity index (χ3v) is 2.65. The normalized spacial score (nSPS) is 10.0. The molecule has 0 bridgehead atoms. The maximum Gasteiger partial charge on any atom is 0.275 e. The van der Waals surface area contributed by atoms with Crippen LogP contribution in [0.3, 0.4) is 0 Å². The summed E-state index contributed by atoms with van der Waals surface area (Å²) in [5.41, 5.74) is 1.18. The summed E-state index contributed by atoms with van der Waals surface area (Å²) < 4.78 is 5.62. The van der Waals surface area contributed by atoms with Gasteiger partial charge in [-0.2, -0.15) is 0 Å². The average molecular weight is 286 g/mol. The molecule has 0 fully saturated rings. The lowest BCUT2D eigenvalue weighted by Gasteiger charge is -2.09. The van der Waals surface area contributed by atoms with E-state index in [2.05, 4.69) is 5.32 Å². The highest BCUT2D eigenvalue weighted by Gasteiger charge is 2.12. The summed E-state index contributed by atoms with van der Waals surface area (Å²) in [4.78, 5) is 21.5. The molecular formula is C15H14N2O4. The molecule has 2 aromatic carbocycles. The van der Waals surface area contributed by atoms with Crippen LogP contribution < -0.4 is 10.1 Å². The number of amides is 1. The van der Waals surface area contributed by atoms with Crippen molar-refractivity contribution in [1.82, 2.24) is 0 Å². The van der Waals surface area contributed by atoms with Gasteiger partial charge in [-0.15, -0.1) is 0 Å². The number of rotatable bonds is 4. The Bertz CT molecular complexity index is 698. The van der Waals surface area contributed by atoms with Crippen LogP contribution in [0.15, 0.2) is 42.5 Å². The minimum absolute atomic E-state index is 0.149. The number of nitrogens with zero attached hydrogens (tertiary/aromatic N) is 1. The van der Waals surface area contributed by atoms with E-state index >= 15 is 0 Å². The zero-order chi connectivity index (χ0) is 15.4. The van der Waals surface area contributed by atoms with Crippen molar-refractivity contribution in [3.05, 3.63) is 58.1 Å². The molecule has 0 atom stereocenters. The minimum Gasteiger partial charge on any atom is -0.457 e. The van der Waals surface area contributed by atoms with Crippen molar-refractivity contribution in [2.45, 2.75) is 13.8 Å². The minimum atomic E-state index is -0.533. The van der Waals surface area contributed by atoms with Crippen molar-refractivity contribution < 1.29 is 14.5 Å². The van der Waals surface area contributed by atoms with Crippen LogP contribution in [-0.4, -0.2) is 10.8 Å². The van der Waals surface area contributed by atoms with E-state index in [1.54, 1.807) is 6.07 Å². The second-order valence-corrected chi connectivity index (χ2v) is 4.57. The van der Waals surface area contributed by atoms with Crippen LogP contribution in [0.25, 0.3) is 0 Å². The summed E-state index contributed by atoms with van der Waals surface area (Å²) in [6.45, 7) is 3.25. The lowest BCUT2D eigenvalue weighted by molar-refractivity contribution is -0.384. The van der Waals surface area contributed by atoms with Crippen LogP contribution in [0, 0.1) is 17.0 Å². The maximum atomic E-state index is 11.1. The number of anilines is 1. The second-order valence-electron chi connectivity index (χ2n) is 4.57. The lowest BCUT2D eigenvalue weighted by Crippen LogP contribution is -2.06. The van der Waals surface area contributed by atoms with Gasteiger partial charge in [-0.3, -0.25) is 14.9 Å². The van der Waals surface area contributed by atoms with Gasteiger partial charge in [-0.25, -0.2) is 0 Å². The van der Waals surface area contributed by atoms with Gasteiger partial charge >= 0.3 is 0 Å². The Kier molecular flexibility index (Phi) is 4.18. The molecule has 1 N–H and O–H groups in total. The topological polar surface area (TPSA) is 81.5 Å². The average Bonchev–Trinajstić information content (AvgIpc) is 2.37. The molecule has 1 amide bonds. The number of ether oxygens (including phenoxy) is 1. The Labute approximate surface area is 121 Å². The van der Waals surface area contributed by atoms with Crippen LogP contribution in [0.5, 0.6) is 11.5 Å². The van der Waals surface area contributed by atoms with E-state index in [9.17, 15) is 14.9 Å². The van der Waals surface area contributed by atoms with Gasteiger partial charge in [0.1, 0.15) is 11.5 Å². The lowest BCUT2D eigenvalue weighted by atomic mass is 10.2. The summed E-state index contributed by atoms with van der Waals surface area (Å²) in [5.74, 6) is 0.555. The largest absolute Gasteiger partial charge is 0.457 e. The molecule has 0 aliphatic carbocycles. The number of nitrogens with one attached hydrogen (secondary N) is 1. The number of hydrogen-bond donors (Lipinski definition) is 1. The first-order valence-electron chi connectivity index (χ1n) is 6.25. The van der Waals surface area contributed by atoms with Crippen LogP contribution in [0.1, 0.15) is 12.5 Å².